The molecule has 0 saturated heterocycles. The second kappa shape index (κ2) is 9.26. The molecule has 0 atom stereocenters. The largest absolute Gasteiger partial charge is 0.491 e. The summed E-state index contributed by atoms with van der Waals surface area (Å²) in [6, 6.07) is 16.3. The molecule has 0 unspecified atom stereocenters. The van der Waals surface area contributed by atoms with Crippen molar-refractivity contribution in [3.63, 3.8) is 0 Å². The Morgan fingerprint density at radius 2 is 1.91 bits per heavy atom. The quantitative estimate of drug-likeness (QED) is 0.588. The predicted molar refractivity (Wildman–Crippen MR) is 96.2 cm³/mol. The Morgan fingerprint density at radius 3 is 2.70 bits per heavy atom. The number of thioether (sulfide) groups is 1. The number of amides is 1. The normalized spacial score (nSPS) is 10.3. The molecule has 0 radical (unpaired) electrons. The van der Waals surface area contributed by atoms with Crippen molar-refractivity contribution in [1.82, 2.24) is 5.32 Å². The van der Waals surface area contributed by atoms with E-state index in [0.29, 0.717) is 19.6 Å². The van der Waals surface area contributed by atoms with Gasteiger partial charge in [0.1, 0.15) is 12.4 Å². The number of hydrogen-bond acceptors (Lipinski definition) is 3. The first kappa shape index (κ1) is 17.4. The second-order valence-electron chi connectivity index (χ2n) is 5.38. The fourth-order valence-electron chi connectivity index (χ4n) is 2.08. The van der Waals surface area contributed by atoms with Gasteiger partial charge in [-0.2, -0.15) is 0 Å². The number of nitrogens with one attached hydrogen (secondary N) is 1. The van der Waals surface area contributed by atoms with Crippen LogP contribution < -0.4 is 10.1 Å². The van der Waals surface area contributed by atoms with E-state index in [-0.39, 0.29) is 5.91 Å². The lowest BCUT2D eigenvalue weighted by Gasteiger charge is -2.10. The maximum atomic E-state index is 11.8. The molecule has 0 heterocycles. The van der Waals surface area contributed by atoms with Crippen molar-refractivity contribution in [2.75, 3.05) is 18.9 Å². The number of carbonyl (C=O) groups excluding carboxylic acids is 1. The molecule has 23 heavy (non-hydrogen) atoms. The van der Waals surface area contributed by atoms with Crippen LogP contribution in [0.5, 0.6) is 5.75 Å². The average Bonchev–Trinajstić information content (AvgIpc) is 2.55. The molecule has 0 aliphatic rings. The molecule has 0 aliphatic carbocycles. The molecule has 2 aromatic carbocycles. The Kier molecular flexibility index (Phi) is 7.01. The fourth-order valence-corrected chi connectivity index (χ4v) is 2.95. The molecule has 0 fully saturated rings. The first-order valence-corrected chi connectivity index (χ1v) is 8.78. The topological polar surface area (TPSA) is 38.3 Å². The summed E-state index contributed by atoms with van der Waals surface area (Å²) < 4.78 is 5.72. The van der Waals surface area contributed by atoms with Crippen molar-refractivity contribution in [3.05, 3.63) is 59.7 Å². The van der Waals surface area contributed by atoms with Crippen molar-refractivity contribution in [2.45, 2.75) is 25.2 Å². The van der Waals surface area contributed by atoms with Gasteiger partial charge in [0, 0.05) is 17.1 Å². The Labute approximate surface area is 142 Å². The lowest BCUT2D eigenvalue weighted by Crippen LogP contribution is -2.28. The lowest BCUT2D eigenvalue weighted by molar-refractivity contribution is -0.120. The van der Waals surface area contributed by atoms with Crippen LogP contribution in [0.3, 0.4) is 0 Å². The van der Waals surface area contributed by atoms with Crippen LogP contribution in [0.15, 0.2) is 53.4 Å². The zero-order chi connectivity index (χ0) is 16.5. The monoisotopic (exact) mass is 329 g/mol. The van der Waals surface area contributed by atoms with Crippen LogP contribution in [-0.2, 0) is 4.79 Å². The highest BCUT2D eigenvalue weighted by atomic mass is 32.2. The van der Waals surface area contributed by atoms with Crippen molar-refractivity contribution >= 4 is 17.7 Å². The number of ether oxygens (including phenoxy) is 1. The first-order chi connectivity index (χ1) is 11.1. The summed E-state index contributed by atoms with van der Waals surface area (Å²) in [4.78, 5) is 13.0. The molecule has 0 bridgehead atoms. The molecule has 0 aliphatic heterocycles. The molecule has 1 N–H and O–H groups in total. The van der Waals surface area contributed by atoms with Gasteiger partial charge in [-0.1, -0.05) is 30.3 Å². The molecule has 1 amide bonds. The highest BCUT2D eigenvalue weighted by Crippen LogP contribution is 2.19. The Bertz CT molecular complexity index is 629. The Balaban J connectivity index is 1.60. The van der Waals surface area contributed by atoms with E-state index >= 15 is 0 Å². The van der Waals surface area contributed by atoms with Gasteiger partial charge in [0.05, 0.1) is 6.54 Å². The van der Waals surface area contributed by atoms with Gasteiger partial charge < -0.3 is 10.1 Å². The van der Waals surface area contributed by atoms with Gasteiger partial charge in [-0.25, -0.2) is 0 Å². The highest BCUT2D eigenvalue weighted by Gasteiger charge is 2.03. The van der Waals surface area contributed by atoms with Crippen LogP contribution in [-0.4, -0.2) is 24.8 Å². The average molecular weight is 329 g/mol. The smallest absolute Gasteiger partial charge is 0.220 e. The summed E-state index contributed by atoms with van der Waals surface area (Å²) in [5, 5.41) is 2.90. The summed E-state index contributed by atoms with van der Waals surface area (Å²) in [5.41, 5.74) is 2.29. The number of carbonyl (C=O) groups is 1. The molecule has 2 rings (SSSR count). The minimum Gasteiger partial charge on any atom is -0.491 e. The molecule has 0 saturated carbocycles. The van der Waals surface area contributed by atoms with Crippen molar-refractivity contribution in [1.29, 1.82) is 0 Å². The number of rotatable bonds is 8. The van der Waals surface area contributed by atoms with Gasteiger partial charge >= 0.3 is 0 Å². The SMILES string of the molecule is Cc1ccc(C)c(OCCNC(=O)CCSc2ccccc2)c1. The molecular formula is C19H23NO2S. The third-order valence-electron chi connectivity index (χ3n) is 3.37. The zero-order valence-corrected chi connectivity index (χ0v) is 14.5. The molecule has 3 nitrogen and oxygen atoms in total. The van der Waals surface area contributed by atoms with Crippen LogP contribution in [0.2, 0.25) is 0 Å². The molecule has 4 heteroatoms. The van der Waals surface area contributed by atoms with E-state index in [1.165, 1.54) is 10.5 Å². The van der Waals surface area contributed by atoms with Crippen LogP contribution >= 0.6 is 11.8 Å². The van der Waals surface area contributed by atoms with Gasteiger partial charge in [-0.3, -0.25) is 4.79 Å². The Hall–Kier alpha value is -1.94. The van der Waals surface area contributed by atoms with Crippen LogP contribution in [0.4, 0.5) is 0 Å². The molecule has 2 aromatic rings. The third kappa shape index (κ3) is 6.37. The van der Waals surface area contributed by atoms with Crippen LogP contribution in [0.25, 0.3) is 0 Å². The summed E-state index contributed by atoms with van der Waals surface area (Å²) in [5.74, 6) is 1.74. The number of aryl methyl sites for hydroxylation is 2. The van der Waals surface area contributed by atoms with Crippen molar-refractivity contribution < 1.29 is 9.53 Å². The number of hydrogen-bond donors (Lipinski definition) is 1. The second-order valence-corrected chi connectivity index (χ2v) is 6.55. The van der Waals surface area contributed by atoms with E-state index in [1.54, 1.807) is 11.8 Å². The molecule has 0 aromatic heterocycles. The lowest BCUT2D eigenvalue weighted by atomic mass is 10.1. The standard InChI is InChI=1S/C19H23NO2S/c1-15-8-9-16(2)18(14-15)22-12-11-20-19(21)10-13-23-17-6-4-3-5-7-17/h3-9,14H,10-13H2,1-2H3,(H,20,21). The van der Waals surface area contributed by atoms with Gasteiger partial charge in [-0.05, 0) is 43.2 Å². The molecule has 122 valence electrons. The third-order valence-corrected chi connectivity index (χ3v) is 4.38. The van der Waals surface area contributed by atoms with Crippen molar-refractivity contribution in [3.8, 4) is 5.75 Å². The zero-order valence-electron chi connectivity index (χ0n) is 13.7. The van der Waals surface area contributed by atoms with E-state index in [4.69, 9.17) is 4.74 Å². The Morgan fingerprint density at radius 1 is 1.13 bits per heavy atom. The fraction of sp³-hybridized carbons (Fsp3) is 0.316. The highest BCUT2D eigenvalue weighted by molar-refractivity contribution is 7.99. The van der Waals surface area contributed by atoms with E-state index < -0.39 is 0 Å². The summed E-state index contributed by atoms with van der Waals surface area (Å²) in [6.07, 6.45) is 0.517. The van der Waals surface area contributed by atoms with Crippen LogP contribution in [0.1, 0.15) is 17.5 Å². The summed E-state index contributed by atoms with van der Waals surface area (Å²) in [6.45, 7) is 5.08. The maximum Gasteiger partial charge on any atom is 0.220 e. The first-order valence-electron chi connectivity index (χ1n) is 7.80. The van der Waals surface area contributed by atoms with E-state index in [2.05, 4.69) is 23.5 Å². The molecular weight excluding hydrogens is 306 g/mol. The van der Waals surface area contributed by atoms with E-state index in [0.717, 1.165) is 17.1 Å². The van der Waals surface area contributed by atoms with E-state index in [1.807, 2.05) is 44.2 Å². The minimum atomic E-state index is 0.0676. The summed E-state index contributed by atoms with van der Waals surface area (Å²) in [7, 11) is 0. The van der Waals surface area contributed by atoms with Gasteiger partial charge in [-0.15, -0.1) is 11.8 Å². The van der Waals surface area contributed by atoms with E-state index in [9.17, 15) is 4.79 Å². The maximum absolute atomic E-state index is 11.8. The van der Waals surface area contributed by atoms with Crippen molar-refractivity contribution in [2.24, 2.45) is 0 Å². The van der Waals surface area contributed by atoms with Gasteiger partial charge in [0.15, 0.2) is 0 Å². The summed E-state index contributed by atoms with van der Waals surface area (Å²) >= 11 is 1.70. The molecule has 0 spiro atoms. The minimum absolute atomic E-state index is 0.0676. The number of benzene rings is 2. The van der Waals surface area contributed by atoms with Gasteiger partial charge in [0.2, 0.25) is 5.91 Å². The van der Waals surface area contributed by atoms with Crippen LogP contribution in [0, 0.1) is 13.8 Å². The predicted octanol–water partition coefficient (Wildman–Crippen LogP) is 3.98. The van der Waals surface area contributed by atoms with Gasteiger partial charge in [0.25, 0.3) is 0 Å².